The summed E-state index contributed by atoms with van der Waals surface area (Å²) in [7, 11) is 0. The number of aromatic nitrogens is 1. The molecule has 5 heteroatoms. The molecule has 0 aliphatic heterocycles. The Kier molecular flexibility index (Phi) is 3.58. The quantitative estimate of drug-likeness (QED) is 0.848. The summed E-state index contributed by atoms with van der Waals surface area (Å²) in [6.07, 6.45) is 1.75. The maximum Gasteiger partial charge on any atom is 0.336 e. The molecule has 0 aliphatic carbocycles. The Balaban J connectivity index is 2.12. The van der Waals surface area contributed by atoms with E-state index in [4.69, 9.17) is 5.11 Å². The molecule has 0 saturated heterocycles. The van der Waals surface area contributed by atoms with Crippen LogP contribution in [0, 0.1) is 0 Å². The lowest BCUT2D eigenvalue weighted by Gasteiger charge is -2.03. The summed E-state index contributed by atoms with van der Waals surface area (Å²) in [6.45, 7) is 0. The Morgan fingerprint density at radius 3 is 2.94 bits per heavy atom. The van der Waals surface area contributed by atoms with Gasteiger partial charge in [-0.05, 0) is 12.1 Å². The number of nitrogens with zero attached hydrogens (tertiary/aromatic N) is 1. The van der Waals surface area contributed by atoms with Gasteiger partial charge in [-0.3, -0.25) is 0 Å². The zero-order valence-corrected chi connectivity index (χ0v) is 9.92. The Morgan fingerprint density at radius 2 is 2.25 bits per heavy atom. The number of thioether (sulfide) groups is 1. The van der Waals surface area contributed by atoms with Gasteiger partial charge in [0.05, 0.1) is 11.3 Å². The van der Waals surface area contributed by atoms with Crippen molar-refractivity contribution in [2.75, 3.05) is 0 Å². The van der Waals surface area contributed by atoms with E-state index in [9.17, 15) is 4.79 Å². The average molecular weight is 251 g/mol. The van der Waals surface area contributed by atoms with E-state index < -0.39 is 5.97 Å². The van der Waals surface area contributed by atoms with Gasteiger partial charge < -0.3 is 5.11 Å². The van der Waals surface area contributed by atoms with Gasteiger partial charge in [0, 0.05) is 16.5 Å². The minimum atomic E-state index is -0.887. The highest BCUT2D eigenvalue weighted by Crippen LogP contribution is 2.26. The maximum atomic E-state index is 11.0. The fourth-order valence-corrected chi connectivity index (χ4v) is 2.92. The Bertz CT molecular complexity index is 482. The third-order valence-corrected chi connectivity index (χ3v) is 4.00. The van der Waals surface area contributed by atoms with Crippen LogP contribution in [0.3, 0.4) is 0 Å². The van der Waals surface area contributed by atoms with E-state index in [1.165, 1.54) is 11.8 Å². The number of hydrogen-bond donors (Lipinski definition) is 1. The molecule has 2 aromatic rings. The Labute approximate surface area is 101 Å². The van der Waals surface area contributed by atoms with Crippen molar-refractivity contribution in [1.82, 2.24) is 4.98 Å². The minimum absolute atomic E-state index is 0.351. The van der Waals surface area contributed by atoms with E-state index in [0.717, 1.165) is 9.90 Å². The summed E-state index contributed by atoms with van der Waals surface area (Å²) in [5.74, 6) is -0.177. The van der Waals surface area contributed by atoms with Crippen molar-refractivity contribution in [3.05, 3.63) is 46.4 Å². The molecule has 0 fully saturated rings. The standard InChI is InChI=1S/C11H9NO2S2/c13-11(14)8-3-1-2-4-9(8)16-7-10-12-5-6-15-10/h1-6H,7H2,(H,13,14). The Hall–Kier alpha value is -1.33. The fourth-order valence-electron chi connectivity index (χ4n) is 1.23. The van der Waals surface area contributed by atoms with Crippen LogP contribution in [0.4, 0.5) is 0 Å². The molecule has 1 aromatic heterocycles. The van der Waals surface area contributed by atoms with Crippen LogP contribution in [-0.2, 0) is 5.75 Å². The first-order chi connectivity index (χ1) is 7.77. The first-order valence-electron chi connectivity index (χ1n) is 4.61. The molecule has 0 bridgehead atoms. The van der Waals surface area contributed by atoms with E-state index >= 15 is 0 Å². The van der Waals surface area contributed by atoms with Crippen LogP contribution in [0.15, 0.2) is 40.7 Å². The number of aromatic carboxylic acids is 1. The normalized spacial score (nSPS) is 10.2. The molecule has 0 spiro atoms. The molecule has 0 saturated carbocycles. The van der Waals surface area contributed by atoms with Gasteiger partial charge in [0.15, 0.2) is 0 Å². The number of carboxylic acids is 1. The predicted octanol–water partition coefficient (Wildman–Crippen LogP) is 3.13. The second kappa shape index (κ2) is 5.14. The SMILES string of the molecule is O=C(O)c1ccccc1SCc1nccs1. The molecular formula is C11H9NO2S2. The largest absolute Gasteiger partial charge is 0.478 e. The molecule has 1 N–H and O–H groups in total. The van der Waals surface area contributed by atoms with Gasteiger partial charge in [0.25, 0.3) is 0 Å². The third-order valence-electron chi connectivity index (χ3n) is 1.95. The van der Waals surface area contributed by atoms with Crippen molar-refractivity contribution in [2.45, 2.75) is 10.6 Å². The lowest BCUT2D eigenvalue weighted by atomic mass is 10.2. The summed E-state index contributed by atoms with van der Waals surface area (Å²) >= 11 is 3.08. The molecule has 0 aliphatic rings. The summed E-state index contributed by atoms with van der Waals surface area (Å²) in [5, 5.41) is 11.9. The number of benzene rings is 1. The lowest BCUT2D eigenvalue weighted by molar-refractivity contribution is 0.0693. The van der Waals surface area contributed by atoms with Gasteiger partial charge in [0.1, 0.15) is 5.01 Å². The van der Waals surface area contributed by atoms with Gasteiger partial charge >= 0.3 is 5.97 Å². The monoisotopic (exact) mass is 251 g/mol. The van der Waals surface area contributed by atoms with E-state index in [0.29, 0.717) is 11.3 Å². The van der Waals surface area contributed by atoms with Crippen molar-refractivity contribution in [1.29, 1.82) is 0 Å². The van der Waals surface area contributed by atoms with E-state index in [2.05, 4.69) is 4.98 Å². The number of thiazole rings is 1. The first kappa shape index (κ1) is 11.2. The summed E-state index contributed by atoms with van der Waals surface area (Å²) in [4.78, 5) is 15.9. The highest BCUT2D eigenvalue weighted by atomic mass is 32.2. The predicted molar refractivity (Wildman–Crippen MR) is 65.1 cm³/mol. The van der Waals surface area contributed by atoms with Crippen LogP contribution in [-0.4, -0.2) is 16.1 Å². The van der Waals surface area contributed by atoms with Crippen molar-refractivity contribution < 1.29 is 9.90 Å². The number of rotatable bonds is 4. The summed E-state index contributed by atoms with van der Waals surface area (Å²) in [5.41, 5.74) is 0.351. The molecule has 16 heavy (non-hydrogen) atoms. The minimum Gasteiger partial charge on any atom is -0.478 e. The van der Waals surface area contributed by atoms with Crippen LogP contribution in [0.2, 0.25) is 0 Å². The number of carboxylic acid groups (broad SMARTS) is 1. The molecule has 1 heterocycles. The molecule has 0 atom stereocenters. The van der Waals surface area contributed by atoms with Crippen LogP contribution >= 0.6 is 23.1 Å². The lowest BCUT2D eigenvalue weighted by Crippen LogP contribution is -1.98. The van der Waals surface area contributed by atoms with Gasteiger partial charge in [-0.25, -0.2) is 9.78 Å². The molecule has 0 radical (unpaired) electrons. The highest BCUT2D eigenvalue weighted by Gasteiger charge is 2.09. The first-order valence-corrected chi connectivity index (χ1v) is 6.47. The van der Waals surface area contributed by atoms with Crippen LogP contribution < -0.4 is 0 Å². The van der Waals surface area contributed by atoms with Crippen molar-refractivity contribution in [3.8, 4) is 0 Å². The Morgan fingerprint density at radius 1 is 1.44 bits per heavy atom. The third kappa shape index (κ3) is 2.62. The van der Waals surface area contributed by atoms with Crippen LogP contribution in [0.25, 0.3) is 0 Å². The van der Waals surface area contributed by atoms with Crippen molar-refractivity contribution >= 4 is 29.1 Å². The van der Waals surface area contributed by atoms with Gasteiger partial charge in [-0.2, -0.15) is 0 Å². The zero-order valence-electron chi connectivity index (χ0n) is 8.29. The zero-order chi connectivity index (χ0) is 11.4. The van der Waals surface area contributed by atoms with E-state index in [-0.39, 0.29) is 0 Å². The number of hydrogen-bond acceptors (Lipinski definition) is 4. The smallest absolute Gasteiger partial charge is 0.336 e. The number of carbonyl (C=O) groups is 1. The molecule has 1 aromatic carbocycles. The van der Waals surface area contributed by atoms with Crippen molar-refractivity contribution in [2.24, 2.45) is 0 Å². The highest BCUT2D eigenvalue weighted by molar-refractivity contribution is 7.98. The molecule has 3 nitrogen and oxygen atoms in total. The molecule has 0 amide bonds. The molecule has 82 valence electrons. The summed E-state index contributed by atoms with van der Waals surface area (Å²) in [6, 6.07) is 7.02. The fraction of sp³-hybridized carbons (Fsp3) is 0.0909. The van der Waals surface area contributed by atoms with Crippen LogP contribution in [0.5, 0.6) is 0 Å². The topological polar surface area (TPSA) is 50.2 Å². The van der Waals surface area contributed by atoms with Crippen molar-refractivity contribution in [3.63, 3.8) is 0 Å². The van der Waals surface area contributed by atoms with E-state index in [1.807, 2.05) is 17.5 Å². The second-order valence-electron chi connectivity index (χ2n) is 3.02. The molecule has 2 rings (SSSR count). The maximum absolute atomic E-state index is 11.0. The van der Waals surface area contributed by atoms with Gasteiger partial charge in [0.2, 0.25) is 0 Å². The average Bonchev–Trinajstić information content (AvgIpc) is 2.79. The molecule has 0 unspecified atom stereocenters. The van der Waals surface area contributed by atoms with Gasteiger partial charge in [-0.15, -0.1) is 23.1 Å². The second-order valence-corrected chi connectivity index (χ2v) is 5.01. The van der Waals surface area contributed by atoms with E-state index in [1.54, 1.807) is 29.7 Å². The molecular weight excluding hydrogens is 242 g/mol. The summed E-state index contributed by atoms with van der Waals surface area (Å²) < 4.78 is 0. The van der Waals surface area contributed by atoms with Gasteiger partial charge in [-0.1, -0.05) is 12.1 Å². The van der Waals surface area contributed by atoms with Crippen LogP contribution in [0.1, 0.15) is 15.4 Å².